The van der Waals surface area contributed by atoms with E-state index in [-0.39, 0.29) is 5.82 Å². The van der Waals surface area contributed by atoms with E-state index in [9.17, 15) is 4.39 Å². The van der Waals surface area contributed by atoms with Gasteiger partial charge in [-0.3, -0.25) is 0 Å². The van der Waals surface area contributed by atoms with Crippen molar-refractivity contribution in [2.75, 3.05) is 13.7 Å². The van der Waals surface area contributed by atoms with E-state index in [4.69, 9.17) is 4.74 Å². The van der Waals surface area contributed by atoms with Gasteiger partial charge in [0.2, 0.25) is 0 Å². The molecule has 16 heavy (non-hydrogen) atoms. The lowest BCUT2D eigenvalue weighted by Crippen LogP contribution is -2.26. The van der Waals surface area contributed by atoms with Crippen LogP contribution in [0.1, 0.15) is 36.4 Å². The fourth-order valence-corrected chi connectivity index (χ4v) is 2.35. The minimum Gasteiger partial charge on any atom is -0.493 e. The average Bonchev–Trinajstić information content (AvgIpc) is 2.30. The fraction of sp³-hybridized carbons (Fsp3) is 0.538. The summed E-state index contributed by atoms with van der Waals surface area (Å²) in [5.74, 6) is 0.101. The van der Waals surface area contributed by atoms with Gasteiger partial charge in [-0.05, 0) is 43.5 Å². The lowest BCUT2D eigenvalue weighted by Gasteiger charge is -2.24. The van der Waals surface area contributed by atoms with Gasteiger partial charge in [0.15, 0.2) is 11.6 Å². The molecule has 1 aliphatic rings. The third kappa shape index (κ3) is 2.19. The predicted molar refractivity (Wildman–Crippen MR) is 62.3 cm³/mol. The second-order valence-corrected chi connectivity index (χ2v) is 4.36. The highest BCUT2D eigenvalue weighted by molar-refractivity contribution is 5.39. The number of ether oxygens (including phenoxy) is 1. The predicted octanol–water partition coefficient (Wildman–Crippen LogP) is 2.96. The van der Waals surface area contributed by atoms with Gasteiger partial charge in [-0.15, -0.1) is 0 Å². The van der Waals surface area contributed by atoms with Crippen molar-refractivity contribution in [2.45, 2.75) is 32.2 Å². The molecular weight excluding hydrogens is 205 g/mol. The van der Waals surface area contributed by atoms with Crippen molar-refractivity contribution in [3.8, 4) is 5.75 Å². The first-order valence-electron chi connectivity index (χ1n) is 5.80. The van der Waals surface area contributed by atoms with Crippen LogP contribution in [0.2, 0.25) is 0 Å². The molecule has 1 N–H and O–H groups in total. The van der Waals surface area contributed by atoms with Crippen LogP contribution in [0.5, 0.6) is 5.75 Å². The van der Waals surface area contributed by atoms with Gasteiger partial charge in [0.05, 0.1) is 7.11 Å². The molecule has 0 spiro atoms. The highest BCUT2D eigenvalue weighted by Gasteiger charge is 2.17. The maximum absolute atomic E-state index is 13.7. The maximum Gasteiger partial charge on any atom is 0.165 e. The molecule has 0 amide bonds. The quantitative estimate of drug-likeness (QED) is 0.832. The summed E-state index contributed by atoms with van der Waals surface area (Å²) >= 11 is 0. The smallest absolute Gasteiger partial charge is 0.165 e. The second kappa shape index (κ2) is 4.83. The SMILES string of the molecule is COc1c(C)cc(C2CCCCN2)cc1F. The summed E-state index contributed by atoms with van der Waals surface area (Å²) in [6, 6.07) is 3.91. The molecule has 0 bridgehead atoms. The van der Waals surface area contributed by atoms with E-state index in [1.807, 2.05) is 13.0 Å². The van der Waals surface area contributed by atoms with Gasteiger partial charge in [-0.25, -0.2) is 4.39 Å². The third-order valence-electron chi connectivity index (χ3n) is 3.17. The van der Waals surface area contributed by atoms with Crippen molar-refractivity contribution in [3.05, 3.63) is 29.1 Å². The van der Waals surface area contributed by atoms with Gasteiger partial charge in [0, 0.05) is 6.04 Å². The van der Waals surface area contributed by atoms with Gasteiger partial charge in [0.1, 0.15) is 0 Å². The first-order valence-corrected chi connectivity index (χ1v) is 5.80. The van der Waals surface area contributed by atoms with Gasteiger partial charge >= 0.3 is 0 Å². The van der Waals surface area contributed by atoms with Crippen LogP contribution >= 0.6 is 0 Å². The van der Waals surface area contributed by atoms with E-state index in [0.29, 0.717) is 11.8 Å². The minimum atomic E-state index is -0.259. The van der Waals surface area contributed by atoms with E-state index in [1.165, 1.54) is 20.0 Å². The van der Waals surface area contributed by atoms with Crippen LogP contribution in [0.25, 0.3) is 0 Å². The van der Waals surface area contributed by atoms with Crippen molar-refractivity contribution >= 4 is 0 Å². The number of aryl methyl sites for hydroxylation is 1. The zero-order valence-electron chi connectivity index (χ0n) is 9.85. The summed E-state index contributed by atoms with van der Waals surface area (Å²) < 4.78 is 18.7. The molecule has 1 aliphatic heterocycles. The van der Waals surface area contributed by atoms with Gasteiger partial charge in [-0.1, -0.05) is 12.5 Å². The molecule has 3 heteroatoms. The molecule has 2 nitrogen and oxygen atoms in total. The summed E-state index contributed by atoms with van der Waals surface area (Å²) in [5.41, 5.74) is 1.90. The second-order valence-electron chi connectivity index (χ2n) is 4.36. The van der Waals surface area contributed by atoms with Crippen LogP contribution in [0.4, 0.5) is 4.39 Å². The number of hydrogen-bond acceptors (Lipinski definition) is 2. The van der Waals surface area contributed by atoms with E-state index in [2.05, 4.69) is 5.32 Å². The molecule has 1 aromatic rings. The van der Waals surface area contributed by atoms with E-state index >= 15 is 0 Å². The number of halogens is 1. The van der Waals surface area contributed by atoms with Crippen LogP contribution in [-0.4, -0.2) is 13.7 Å². The monoisotopic (exact) mass is 223 g/mol. The van der Waals surface area contributed by atoms with Crippen LogP contribution in [0.15, 0.2) is 12.1 Å². The van der Waals surface area contributed by atoms with Crippen molar-refractivity contribution in [1.82, 2.24) is 5.32 Å². The zero-order chi connectivity index (χ0) is 11.5. The van der Waals surface area contributed by atoms with Crippen LogP contribution in [0.3, 0.4) is 0 Å². The Morgan fingerprint density at radius 1 is 1.38 bits per heavy atom. The molecule has 0 saturated carbocycles. The van der Waals surface area contributed by atoms with Crippen molar-refractivity contribution in [3.63, 3.8) is 0 Å². The van der Waals surface area contributed by atoms with E-state index < -0.39 is 0 Å². The Kier molecular flexibility index (Phi) is 3.44. The minimum absolute atomic E-state index is 0.259. The molecule has 1 unspecified atom stereocenters. The third-order valence-corrected chi connectivity index (χ3v) is 3.17. The molecule has 0 aliphatic carbocycles. The molecule has 1 saturated heterocycles. The number of methoxy groups -OCH3 is 1. The Hall–Kier alpha value is -1.09. The molecule has 1 aromatic carbocycles. The molecule has 1 fully saturated rings. The molecule has 88 valence electrons. The summed E-state index contributed by atoms with van der Waals surface area (Å²) in [5, 5.41) is 3.42. The largest absolute Gasteiger partial charge is 0.493 e. The van der Waals surface area contributed by atoms with E-state index in [0.717, 1.165) is 24.1 Å². The van der Waals surface area contributed by atoms with Crippen molar-refractivity contribution < 1.29 is 9.13 Å². The van der Waals surface area contributed by atoms with E-state index in [1.54, 1.807) is 6.07 Å². The Labute approximate surface area is 95.8 Å². The van der Waals surface area contributed by atoms with Gasteiger partial charge in [-0.2, -0.15) is 0 Å². The lowest BCUT2D eigenvalue weighted by atomic mass is 9.96. The van der Waals surface area contributed by atoms with Crippen LogP contribution in [-0.2, 0) is 0 Å². The van der Waals surface area contributed by atoms with Crippen LogP contribution in [0, 0.1) is 12.7 Å². The summed E-state index contributed by atoms with van der Waals surface area (Å²) in [4.78, 5) is 0. The summed E-state index contributed by atoms with van der Waals surface area (Å²) in [7, 11) is 1.50. The highest BCUT2D eigenvalue weighted by Crippen LogP contribution is 2.29. The molecular formula is C13H18FNO. The van der Waals surface area contributed by atoms with Crippen LogP contribution < -0.4 is 10.1 Å². The number of nitrogens with one attached hydrogen (secondary N) is 1. The standard InChI is InChI=1S/C13H18FNO/c1-9-7-10(8-11(14)13(9)16-2)12-5-3-4-6-15-12/h7-8,12,15H,3-6H2,1-2H3. The maximum atomic E-state index is 13.7. The lowest BCUT2D eigenvalue weighted by molar-refractivity contribution is 0.378. The molecule has 1 atom stereocenters. The Bertz CT molecular complexity index is 349. The molecule has 2 rings (SSSR count). The van der Waals surface area contributed by atoms with Crippen molar-refractivity contribution in [1.29, 1.82) is 0 Å². The Balaban J connectivity index is 2.28. The summed E-state index contributed by atoms with van der Waals surface area (Å²) in [6.07, 6.45) is 3.52. The topological polar surface area (TPSA) is 21.3 Å². The number of piperidine rings is 1. The first kappa shape index (κ1) is 11.4. The normalized spacial score (nSPS) is 20.8. The Morgan fingerprint density at radius 3 is 2.75 bits per heavy atom. The van der Waals surface area contributed by atoms with Crippen molar-refractivity contribution in [2.24, 2.45) is 0 Å². The molecule has 0 radical (unpaired) electrons. The summed E-state index contributed by atoms with van der Waals surface area (Å²) in [6.45, 7) is 2.91. The first-order chi connectivity index (χ1) is 7.72. The fourth-order valence-electron chi connectivity index (χ4n) is 2.35. The molecule has 0 aromatic heterocycles. The Morgan fingerprint density at radius 2 is 2.19 bits per heavy atom. The molecule has 1 heterocycles. The number of benzene rings is 1. The zero-order valence-corrected chi connectivity index (χ0v) is 9.85. The number of rotatable bonds is 2. The van der Waals surface area contributed by atoms with Gasteiger partial charge < -0.3 is 10.1 Å². The number of hydrogen-bond donors (Lipinski definition) is 1. The average molecular weight is 223 g/mol. The van der Waals surface area contributed by atoms with Gasteiger partial charge in [0.25, 0.3) is 0 Å². The highest BCUT2D eigenvalue weighted by atomic mass is 19.1.